The van der Waals surface area contributed by atoms with Crippen LogP contribution >= 0.6 is 0 Å². The summed E-state index contributed by atoms with van der Waals surface area (Å²) in [5.41, 5.74) is 0. The zero-order valence-electron chi connectivity index (χ0n) is 12.8. The molecule has 21 heavy (non-hydrogen) atoms. The van der Waals surface area contributed by atoms with Crippen LogP contribution in [0.3, 0.4) is 0 Å². The summed E-state index contributed by atoms with van der Waals surface area (Å²) in [5.74, 6) is 1.84. The van der Waals surface area contributed by atoms with Crippen LogP contribution < -0.4 is 15.4 Å². The van der Waals surface area contributed by atoms with E-state index in [1.807, 2.05) is 38.6 Å². The molecule has 0 bridgehead atoms. The molecule has 0 saturated carbocycles. The Morgan fingerprint density at radius 2 is 1.90 bits per heavy atom. The third-order valence-corrected chi connectivity index (χ3v) is 2.62. The first kappa shape index (κ1) is 15.0. The average molecular weight is 291 g/mol. The third kappa shape index (κ3) is 4.30. The lowest BCUT2D eigenvalue weighted by atomic mass is 10.5. The smallest absolute Gasteiger partial charge is 0.323 e. The van der Waals surface area contributed by atoms with Crippen LogP contribution in [-0.2, 0) is 13.6 Å². The Kier molecular flexibility index (Phi) is 4.91. The van der Waals surface area contributed by atoms with Gasteiger partial charge in [0.2, 0.25) is 11.9 Å². The minimum atomic E-state index is 0.00395. The summed E-state index contributed by atoms with van der Waals surface area (Å²) in [6.45, 7) is 7.09. The van der Waals surface area contributed by atoms with E-state index < -0.39 is 0 Å². The van der Waals surface area contributed by atoms with Crippen molar-refractivity contribution in [2.75, 3.05) is 17.2 Å². The van der Waals surface area contributed by atoms with Crippen molar-refractivity contribution >= 4 is 11.9 Å². The van der Waals surface area contributed by atoms with E-state index in [0.717, 1.165) is 12.4 Å². The number of rotatable bonds is 7. The molecule has 2 aromatic heterocycles. The van der Waals surface area contributed by atoms with E-state index in [-0.39, 0.29) is 6.10 Å². The van der Waals surface area contributed by atoms with Gasteiger partial charge in [-0.3, -0.25) is 0 Å². The van der Waals surface area contributed by atoms with Crippen molar-refractivity contribution in [3.8, 4) is 6.01 Å². The summed E-state index contributed by atoms with van der Waals surface area (Å²) >= 11 is 0. The van der Waals surface area contributed by atoms with Gasteiger partial charge < -0.3 is 19.9 Å². The van der Waals surface area contributed by atoms with Gasteiger partial charge >= 0.3 is 6.01 Å². The number of aryl methyl sites for hydroxylation is 1. The molecule has 0 spiro atoms. The molecular weight excluding hydrogens is 270 g/mol. The van der Waals surface area contributed by atoms with Crippen molar-refractivity contribution in [2.24, 2.45) is 7.05 Å². The number of hydrogen-bond acceptors (Lipinski definition) is 7. The first-order chi connectivity index (χ1) is 10.1. The molecule has 2 heterocycles. The Hall–Kier alpha value is -2.38. The summed E-state index contributed by atoms with van der Waals surface area (Å²) in [7, 11) is 1.94. The third-order valence-electron chi connectivity index (χ3n) is 2.62. The van der Waals surface area contributed by atoms with Gasteiger partial charge in [-0.15, -0.1) is 0 Å². The highest BCUT2D eigenvalue weighted by Gasteiger charge is 2.09. The summed E-state index contributed by atoms with van der Waals surface area (Å²) < 4.78 is 7.47. The first-order valence-corrected chi connectivity index (χ1v) is 6.95. The number of hydrogen-bond donors (Lipinski definition) is 2. The summed E-state index contributed by atoms with van der Waals surface area (Å²) in [6, 6.07) is 0.304. The number of ether oxygens (including phenoxy) is 1. The fourth-order valence-electron chi connectivity index (χ4n) is 1.66. The minimum absolute atomic E-state index is 0.00395. The van der Waals surface area contributed by atoms with E-state index in [9.17, 15) is 0 Å². The first-order valence-electron chi connectivity index (χ1n) is 6.95. The van der Waals surface area contributed by atoms with Crippen LogP contribution in [0.5, 0.6) is 6.01 Å². The van der Waals surface area contributed by atoms with Crippen molar-refractivity contribution in [3.05, 3.63) is 18.2 Å². The second-order valence-electron chi connectivity index (χ2n) is 4.77. The zero-order chi connectivity index (χ0) is 15.2. The van der Waals surface area contributed by atoms with Gasteiger partial charge in [0.05, 0.1) is 12.6 Å². The molecule has 0 saturated heterocycles. The maximum atomic E-state index is 5.54. The van der Waals surface area contributed by atoms with Crippen LogP contribution in [0.15, 0.2) is 12.4 Å². The summed E-state index contributed by atoms with van der Waals surface area (Å²) in [6.07, 6.45) is 3.65. The normalized spacial score (nSPS) is 10.7. The second-order valence-corrected chi connectivity index (χ2v) is 4.77. The van der Waals surface area contributed by atoms with E-state index >= 15 is 0 Å². The van der Waals surface area contributed by atoms with E-state index in [2.05, 4.69) is 30.6 Å². The molecule has 0 atom stereocenters. The molecule has 0 unspecified atom stereocenters. The van der Waals surface area contributed by atoms with Crippen molar-refractivity contribution in [3.63, 3.8) is 0 Å². The molecule has 0 fully saturated rings. The number of aromatic nitrogens is 5. The van der Waals surface area contributed by atoms with E-state index in [0.29, 0.717) is 24.5 Å². The van der Waals surface area contributed by atoms with Gasteiger partial charge in [-0.05, 0) is 20.8 Å². The van der Waals surface area contributed by atoms with Gasteiger partial charge in [0, 0.05) is 26.0 Å². The molecule has 0 radical (unpaired) electrons. The van der Waals surface area contributed by atoms with Crippen molar-refractivity contribution in [1.29, 1.82) is 0 Å². The van der Waals surface area contributed by atoms with Crippen LogP contribution in [-0.4, -0.2) is 37.2 Å². The lowest BCUT2D eigenvalue weighted by molar-refractivity contribution is 0.222. The Labute approximate surface area is 124 Å². The molecule has 8 nitrogen and oxygen atoms in total. The van der Waals surface area contributed by atoms with Crippen LogP contribution in [0.25, 0.3) is 0 Å². The molecule has 2 N–H and O–H groups in total. The maximum Gasteiger partial charge on any atom is 0.323 e. The predicted octanol–water partition coefficient (Wildman–Crippen LogP) is 1.44. The molecule has 0 amide bonds. The Bertz CT molecular complexity index is 582. The fraction of sp³-hybridized carbons (Fsp3) is 0.538. The Morgan fingerprint density at radius 1 is 1.19 bits per heavy atom. The van der Waals surface area contributed by atoms with E-state index in [1.54, 1.807) is 6.20 Å². The van der Waals surface area contributed by atoms with E-state index in [4.69, 9.17) is 4.74 Å². The highest BCUT2D eigenvalue weighted by molar-refractivity contribution is 5.35. The van der Waals surface area contributed by atoms with Crippen LogP contribution in [0.2, 0.25) is 0 Å². The predicted molar refractivity (Wildman–Crippen MR) is 80.3 cm³/mol. The maximum absolute atomic E-state index is 5.54. The standard InChI is InChI=1S/C13H21N7O/c1-5-14-11-17-12(19-13(18-11)21-9(2)3)16-8-10-15-6-7-20(10)4/h6-7,9H,5,8H2,1-4H3,(H2,14,16,17,18,19). The average Bonchev–Trinajstić information content (AvgIpc) is 2.81. The minimum Gasteiger partial charge on any atom is -0.461 e. The fourth-order valence-corrected chi connectivity index (χ4v) is 1.66. The molecule has 0 aliphatic carbocycles. The molecule has 0 aromatic carbocycles. The SMILES string of the molecule is CCNc1nc(NCc2nccn2C)nc(OC(C)C)n1. The number of imidazole rings is 1. The van der Waals surface area contributed by atoms with Crippen molar-refractivity contribution in [1.82, 2.24) is 24.5 Å². The molecule has 8 heteroatoms. The molecule has 2 aromatic rings. The summed E-state index contributed by atoms with van der Waals surface area (Å²) in [4.78, 5) is 17.0. The number of nitrogens with zero attached hydrogens (tertiary/aromatic N) is 5. The van der Waals surface area contributed by atoms with Crippen LogP contribution in [0.1, 0.15) is 26.6 Å². The van der Waals surface area contributed by atoms with E-state index in [1.165, 1.54) is 0 Å². The van der Waals surface area contributed by atoms with Crippen molar-refractivity contribution < 1.29 is 4.74 Å². The number of nitrogens with one attached hydrogen (secondary N) is 2. The highest BCUT2D eigenvalue weighted by atomic mass is 16.5. The molecule has 114 valence electrons. The molecule has 2 rings (SSSR count). The highest BCUT2D eigenvalue weighted by Crippen LogP contribution is 2.13. The van der Waals surface area contributed by atoms with Gasteiger partial charge in [-0.2, -0.15) is 15.0 Å². The molecular formula is C13H21N7O. The molecule has 0 aliphatic rings. The largest absolute Gasteiger partial charge is 0.461 e. The van der Waals surface area contributed by atoms with Gasteiger partial charge in [0.1, 0.15) is 5.82 Å². The van der Waals surface area contributed by atoms with Gasteiger partial charge in [-0.25, -0.2) is 4.98 Å². The van der Waals surface area contributed by atoms with Crippen LogP contribution in [0.4, 0.5) is 11.9 Å². The molecule has 0 aliphatic heterocycles. The lowest BCUT2D eigenvalue weighted by Gasteiger charge is -2.11. The quantitative estimate of drug-likeness (QED) is 0.797. The Balaban J connectivity index is 2.13. The topological polar surface area (TPSA) is 89.8 Å². The number of anilines is 2. The van der Waals surface area contributed by atoms with Gasteiger partial charge in [-0.1, -0.05) is 0 Å². The second kappa shape index (κ2) is 6.87. The van der Waals surface area contributed by atoms with Crippen molar-refractivity contribution in [2.45, 2.75) is 33.4 Å². The summed E-state index contributed by atoms with van der Waals surface area (Å²) in [5, 5.41) is 6.20. The zero-order valence-corrected chi connectivity index (χ0v) is 12.8. The Morgan fingerprint density at radius 3 is 2.48 bits per heavy atom. The van der Waals surface area contributed by atoms with Gasteiger partial charge in [0.15, 0.2) is 0 Å². The van der Waals surface area contributed by atoms with Gasteiger partial charge in [0.25, 0.3) is 0 Å². The lowest BCUT2D eigenvalue weighted by Crippen LogP contribution is -2.14. The monoisotopic (exact) mass is 291 g/mol. The van der Waals surface area contributed by atoms with Crippen LogP contribution in [0, 0.1) is 0 Å².